The average Bonchev–Trinajstić information content (AvgIpc) is 3.15. The number of Topliss-reactive ketones (excluding diaryl/α,β-unsaturated/α-hetero) is 1. The van der Waals surface area contributed by atoms with Crippen LogP contribution in [0.15, 0.2) is 24.3 Å². The molecule has 0 saturated carbocycles. The third-order valence-electron chi connectivity index (χ3n) is 9.28. The largest absolute Gasteiger partial charge is 0.463 e. The van der Waals surface area contributed by atoms with Gasteiger partial charge in [0.25, 0.3) is 0 Å². The summed E-state index contributed by atoms with van der Waals surface area (Å²) < 4.78 is 19.3. The minimum Gasteiger partial charge on any atom is -0.463 e. The van der Waals surface area contributed by atoms with Gasteiger partial charge in [-0.05, 0) is 64.2 Å². The maximum absolute atomic E-state index is 12.4. The molecule has 0 rings (SSSR count). The molecule has 50 heavy (non-hydrogen) atoms. The number of hydrogen-bond donors (Lipinski definition) is 5. The lowest BCUT2D eigenvalue weighted by Gasteiger charge is -2.28. The number of hydrogen-bond acceptors (Lipinski definition) is 8. The van der Waals surface area contributed by atoms with E-state index in [0.717, 1.165) is 89.9 Å². The Labute approximate surface area is 309 Å². The second kappa shape index (κ2) is 35.8. The Morgan fingerprint density at radius 1 is 0.500 bits per heavy atom. The fourth-order valence-corrected chi connectivity index (χ4v) is 5.87. The van der Waals surface area contributed by atoms with Crippen LogP contribution in [-0.2, 0) is 14.3 Å². The van der Waals surface area contributed by atoms with Gasteiger partial charge in [-0.25, -0.2) is 0 Å². The molecule has 294 valence electrons. The van der Waals surface area contributed by atoms with Gasteiger partial charge in [0.1, 0.15) is 37.1 Å². The van der Waals surface area contributed by atoms with Crippen LogP contribution in [0, 0.1) is 0 Å². The lowest BCUT2D eigenvalue weighted by Crippen LogP contribution is -2.52. The van der Waals surface area contributed by atoms with E-state index in [-0.39, 0.29) is 12.8 Å². The molecule has 0 aliphatic heterocycles. The summed E-state index contributed by atoms with van der Waals surface area (Å²) in [6, 6.07) is 0. The number of carbonyl (C=O) groups is 2. The van der Waals surface area contributed by atoms with Crippen LogP contribution in [0.1, 0.15) is 196 Å². The molecule has 0 aromatic rings. The van der Waals surface area contributed by atoms with E-state index in [1.165, 1.54) is 64.2 Å². The van der Waals surface area contributed by atoms with Crippen LogP contribution in [0.3, 0.4) is 0 Å². The van der Waals surface area contributed by atoms with Gasteiger partial charge in [-0.15, -0.1) is 0 Å². The minimum absolute atomic E-state index is 0.0385. The molecule has 0 aliphatic carbocycles. The van der Waals surface area contributed by atoms with Crippen molar-refractivity contribution in [2.24, 2.45) is 0 Å². The van der Waals surface area contributed by atoms with Crippen LogP contribution >= 0.6 is 0 Å². The van der Waals surface area contributed by atoms with Gasteiger partial charge in [0.15, 0.2) is 5.78 Å². The van der Waals surface area contributed by atoms with Crippen LogP contribution in [0.2, 0.25) is 0 Å². The van der Waals surface area contributed by atoms with Gasteiger partial charge in [-0.1, -0.05) is 141 Å². The van der Waals surface area contributed by atoms with Crippen molar-refractivity contribution < 1.29 is 42.6 Å². The van der Waals surface area contributed by atoms with Crippen molar-refractivity contribution in [3.63, 3.8) is 0 Å². The second-order valence-electron chi connectivity index (χ2n) is 14.0. The van der Waals surface area contributed by atoms with Crippen molar-refractivity contribution in [1.82, 2.24) is 0 Å². The molecule has 1 unspecified atom stereocenters. The molecule has 8 heteroatoms. The van der Waals surface area contributed by atoms with E-state index in [1.54, 1.807) is 0 Å². The summed E-state index contributed by atoms with van der Waals surface area (Å²) in [5.74, 6) is -1.16. The average molecular weight is 713 g/mol. The molecule has 0 spiro atoms. The fourth-order valence-electron chi connectivity index (χ4n) is 5.87. The molecule has 0 heterocycles. The van der Waals surface area contributed by atoms with Gasteiger partial charge in [0, 0.05) is 15.6 Å². The van der Waals surface area contributed by atoms with Crippen LogP contribution in [-0.4, -0.2) is 74.4 Å². The number of unbranched alkanes of at least 4 members (excludes halogenated alkanes) is 22. The summed E-state index contributed by atoms with van der Waals surface area (Å²) in [5, 5.41) is 51.2. The summed E-state index contributed by atoms with van der Waals surface area (Å²) in [5.41, 5.74) is 0. The molecule has 5 N–H and O–H groups in total. The molecule has 0 radical (unpaired) electrons. The molecule has 0 amide bonds. The molecule has 0 bridgehead atoms. The highest BCUT2D eigenvalue weighted by Crippen LogP contribution is 2.15. The summed E-state index contributed by atoms with van der Waals surface area (Å²) in [7, 11) is 0. The Kier molecular flexibility index (Phi) is 31.9. The monoisotopic (exact) mass is 713 g/mol. The maximum Gasteiger partial charge on any atom is 0.305 e. The SMILES string of the molecule is [2H]CCCCCCCC/C=C\CCCCCCCC(=O)OC[C@@H](O)[C@@H](O)[C@H](O)[C@@H](O)C(O)C(=O)CCCCCCC/C=C\CCCCCCCC[2H]. The standard InChI is InChI=1S/C42H78O8/c1-3-5-7-9-11-13-15-17-19-21-23-25-27-29-31-33-36(43)39(46)41(48)42(49)40(47)37(44)35-50-38(45)34-32-30-28-26-24-22-20-18-16-14-12-10-8-6-4-2/h17-20,37,39-42,44,46-49H,3-16,21-35H2,1-2H3/b19-17-,20-18-/t37-,39?,40-,41+,42+/m1/s1/i1D,2D. The topological polar surface area (TPSA) is 145 Å². The molecule has 0 aromatic carbocycles. The summed E-state index contributed by atoms with van der Waals surface area (Å²) >= 11 is 0. The Morgan fingerprint density at radius 3 is 1.32 bits per heavy atom. The molecule has 0 aliphatic rings. The lowest BCUT2D eigenvalue weighted by atomic mass is 9.95. The molecule has 0 aromatic heterocycles. The highest BCUT2D eigenvalue weighted by molar-refractivity contribution is 5.83. The Balaban J connectivity index is 3.88. The Morgan fingerprint density at radius 2 is 0.880 bits per heavy atom. The van der Waals surface area contributed by atoms with Crippen molar-refractivity contribution in [3.8, 4) is 0 Å². The second-order valence-corrected chi connectivity index (χ2v) is 14.0. The first kappa shape index (κ1) is 44.6. The van der Waals surface area contributed by atoms with E-state index in [4.69, 9.17) is 7.48 Å². The smallest absolute Gasteiger partial charge is 0.305 e. The molecule has 0 fully saturated rings. The van der Waals surface area contributed by atoms with Crippen molar-refractivity contribution in [2.75, 3.05) is 6.61 Å². The Hall–Kier alpha value is -1.58. The van der Waals surface area contributed by atoms with E-state index in [2.05, 4.69) is 24.3 Å². The van der Waals surface area contributed by atoms with Crippen molar-refractivity contribution >= 4 is 11.8 Å². The van der Waals surface area contributed by atoms with E-state index in [9.17, 15) is 35.1 Å². The van der Waals surface area contributed by atoms with E-state index in [0.29, 0.717) is 26.6 Å². The number of aliphatic hydroxyl groups is 5. The number of ether oxygens (including phenoxy) is 1. The molecular formula is C42H78O8. The zero-order chi connectivity index (χ0) is 38.5. The van der Waals surface area contributed by atoms with Crippen LogP contribution in [0.4, 0.5) is 0 Å². The van der Waals surface area contributed by atoms with E-state index in [1.807, 2.05) is 0 Å². The number of rotatable bonds is 37. The lowest BCUT2D eigenvalue weighted by molar-refractivity contribution is -0.163. The van der Waals surface area contributed by atoms with Crippen molar-refractivity contribution in [1.29, 1.82) is 0 Å². The van der Waals surface area contributed by atoms with Gasteiger partial charge < -0.3 is 30.3 Å². The Bertz CT molecular complexity index is 871. The highest BCUT2D eigenvalue weighted by atomic mass is 16.5. The molecule has 5 atom stereocenters. The minimum atomic E-state index is -2.00. The van der Waals surface area contributed by atoms with Gasteiger partial charge in [-0.2, -0.15) is 0 Å². The first-order chi connectivity index (χ1) is 25.3. The fraction of sp³-hybridized carbons (Fsp3) is 0.857. The quantitative estimate of drug-likeness (QED) is 0.0244. The third kappa shape index (κ3) is 29.0. The maximum atomic E-state index is 12.4. The normalized spacial score (nSPS) is 15.5. The zero-order valence-corrected chi connectivity index (χ0v) is 31.6. The molecule has 8 nitrogen and oxygen atoms in total. The number of aliphatic hydroxyl groups excluding tert-OH is 5. The summed E-state index contributed by atoms with van der Waals surface area (Å²) in [6.45, 7) is 0.510. The van der Waals surface area contributed by atoms with Gasteiger partial charge >= 0.3 is 5.97 Å². The molecular weight excluding hydrogens is 632 g/mol. The van der Waals surface area contributed by atoms with Crippen molar-refractivity contribution in [2.45, 2.75) is 224 Å². The predicted molar refractivity (Wildman–Crippen MR) is 205 cm³/mol. The molecule has 0 saturated heterocycles. The van der Waals surface area contributed by atoms with Crippen LogP contribution < -0.4 is 0 Å². The first-order valence-corrected chi connectivity index (χ1v) is 20.2. The number of esters is 1. The number of ketones is 1. The third-order valence-corrected chi connectivity index (χ3v) is 9.28. The van der Waals surface area contributed by atoms with Crippen LogP contribution in [0.5, 0.6) is 0 Å². The van der Waals surface area contributed by atoms with Crippen LogP contribution in [0.25, 0.3) is 0 Å². The predicted octanol–water partition coefficient (Wildman–Crippen LogP) is 8.98. The zero-order valence-electron chi connectivity index (χ0n) is 33.6. The highest BCUT2D eigenvalue weighted by Gasteiger charge is 2.37. The number of carbonyl (C=O) groups excluding carboxylic acids is 2. The van der Waals surface area contributed by atoms with Gasteiger partial charge in [-0.3, -0.25) is 9.59 Å². The first-order valence-electron chi connectivity index (χ1n) is 21.6. The van der Waals surface area contributed by atoms with Gasteiger partial charge in [0.05, 0.1) is 0 Å². The van der Waals surface area contributed by atoms with E-state index >= 15 is 0 Å². The number of allylic oxidation sites excluding steroid dienone is 4. The van der Waals surface area contributed by atoms with E-state index < -0.39 is 48.9 Å². The summed E-state index contributed by atoms with van der Waals surface area (Å²) in [6.07, 6.45) is 27.6. The van der Waals surface area contributed by atoms with Gasteiger partial charge in [0.2, 0.25) is 0 Å². The van der Waals surface area contributed by atoms with Crippen molar-refractivity contribution in [3.05, 3.63) is 24.3 Å². The summed E-state index contributed by atoms with van der Waals surface area (Å²) in [4.78, 5) is 24.4.